The molecular formula is C24H29F3N6O3. The molecule has 2 aliphatic rings. The fourth-order valence-electron chi connectivity index (χ4n) is 3.76. The van der Waals surface area contributed by atoms with Gasteiger partial charge >= 0.3 is 6.18 Å². The van der Waals surface area contributed by atoms with Crippen LogP contribution < -0.4 is 10.1 Å². The molecule has 0 radical (unpaired) electrons. The van der Waals surface area contributed by atoms with Crippen molar-refractivity contribution in [2.24, 2.45) is 15.9 Å². The summed E-state index contributed by atoms with van der Waals surface area (Å²) < 4.78 is 50.0. The van der Waals surface area contributed by atoms with Crippen molar-refractivity contribution in [2.75, 3.05) is 38.7 Å². The van der Waals surface area contributed by atoms with E-state index in [9.17, 15) is 18.0 Å². The Kier molecular flexibility index (Phi) is 7.92. The Morgan fingerprint density at radius 1 is 1.25 bits per heavy atom. The first-order chi connectivity index (χ1) is 17.2. The Balaban J connectivity index is 1.58. The Labute approximate surface area is 206 Å². The number of pyridine rings is 1. The molecule has 9 nitrogen and oxygen atoms in total. The molecule has 1 aliphatic heterocycles. The molecule has 194 valence electrons. The van der Waals surface area contributed by atoms with Crippen LogP contribution in [0.25, 0.3) is 0 Å². The molecule has 0 spiro atoms. The van der Waals surface area contributed by atoms with Crippen LogP contribution in [0.3, 0.4) is 0 Å². The van der Waals surface area contributed by atoms with Crippen LogP contribution in [0.5, 0.6) is 5.75 Å². The molecule has 12 heteroatoms. The zero-order chi connectivity index (χ0) is 25.7. The summed E-state index contributed by atoms with van der Waals surface area (Å²) in [5, 5.41) is 2.95. The van der Waals surface area contributed by atoms with Crippen molar-refractivity contribution in [3.05, 3.63) is 35.7 Å². The van der Waals surface area contributed by atoms with Crippen molar-refractivity contribution in [3.63, 3.8) is 0 Å². The van der Waals surface area contributed by atoms with Crippen LogP contribution in [-0.4, -0.2) is 65.9 Å². The standard InChI is InChI=1S/C24H29F3N6O3/c1-15(16-5-6-16)30-23(31-20-12-18(14-28-20)24(25,26)27)32-21-19(35-2)11-17(13-29-21)22(34)33-7-3-4-9-36-10-8-33/h11-14,16,28H,3-10H2,1-2H3,(H,29,31,32)/b30-15+. The van der Waals surface area contributed by atoms with Gasteiger partial charge in [0.05, 0.1) is 24.8 Å². The third-order valence-electron chi connectivity index (χ3n) is 5.98. The number of nitrogens with one attached hydrogen (secondary N) is 2. The lowest BCUT2D eigenvalue weighted by Crippen LogP contribution is -2.36. The molecule has 1 amide bonds. The number of amides is 1. The lowest BCUT2D eigenvalue weighted by molar-refractivity contribution is -0.137. The Morgan fingerprint density at radius 3 is 2.75 bits per heavy atom. The van der Waals surface area contributed by atoms with E-state index in [2.05, 4.69) is 25.3 Å². The summed E-state index contributed by atoms with van der Waals surface area (Å²) in [5.41, 5.74) is 0.332. The quantitative estimate of drug-likeness (QED) is 0.454. The number of halogens is 3. The minimum absolute atomic E-state index is 0.0118. The molecule has 0 atom stereocenters. The van der Waals surface area contributed by atoms with E-state index < -0.39 is 11.7 Å². The number of anilines is 1. The minimum Gasteiger partial charge on any atom is -0.493 e. The Morgan fingerprint density at radius 2 is 2.06 bits per heavy atom. The van der Waals surface area contributed by atoms with Gasteiger partial charge < -0.3 is 24.7 Å². The third kappa shape index (κ3) is 6.62. The molecule has 1 aliphatic carbocycles. The molecule has 2 fully saturated rings. The van der Waals surface area contributed by atoms with E-state index >= 15 is 0 Å². The van der Waals surface area contributed by atoms with Crippen molar-refractivity contribution in [3.8, 4) is 5.75 Å². The number of carbonyl (C=O) groups excluding carboxylic acids is 1. The maximum absolute atomic E-state index is 13.0. The van der Waals surface area contributed by atoms with Crippen molar-refractivity contribution in [1.29, 1.82) is 0 Å². The monoisotopic (exact) mass is 506 g/mol. The normalized spacial score (nSPS) is 18.0. The number of H-pyrrole nitrogens is 1. The minimum atomic E-state index is -4.49. The molecule has 2 aromatic rings. The summed E-state index contributed by atoms with van der Waals surface area (Å²) in [4.78, 5) is 30.4. The molecule has 36 heavy (non-hydrogen) atoms. The van der Waals surface area contributed by atoms with Crippen LogP contribution in [0.1, 0.15) is 48.5 Å². The van der Waals surface area contributed by atoms with Crippen molar-refractivity contribution in [1.82, 2.24) is 14.9 Å². The van der Waals surface area contributed by atoms with Crippen molar-refractivity contribution >= 4 is 29.2 Å². The van der Waals surface area contributed by atoms with Crippen LogP contribution in [0, 0.1) is 5.92 Å². The second kappa shape index (κ2) is 11.1. The highest BCUT2D eigenvalue weighted by Crippen LogP contribution is 2.33. The van der Waals surface area contributed by atoms with E-state index in [4.69, 9.17) is 9.47 Å². The molecule has 1 saturated heterocycles. The van der Waals surface area contributed by atoms with Gasteiger partial charge in [0.15, 0.2) is 11.6 Å². The van der Waals surface area contributed by atoms with Gasteiger partial charge in [-0.3, -0.25) is 4.79 Å². The number of hydrogen-bond acceptors (Lipinski definition) is 5. The number of ether oxygens (including phenoxy) is 2. The van der Waals surface area contributed by atoms with E-state index in [1.807, 2.05) is 6.92 Å². The van der Waals surface area contributed by atoms with Crippen LogP contribution in [-0.2, 0) is 10.9 Å². The van der Waals surface area contributed by atoms with Gasteiger partial charge in [-0.1, -0.05) is 0 Å². The maximum Gasteiger partial charge on any atom is 0.417 e. The Bertz CT molecular complexity index is 1130. The largest absolute Gasteiger partial charge is 0.493 e. The van der Waals surface area contributed by atoms with Gasteiger partial charge in [-0.25, -0.2) is 9.98 Å². The predicted octanol–water partition coefficient (Wildman–Crippen LogP) is 4.66. The topological polar surface area (TPSA) is 104 Å². The number of rotatable bonds is 5. The van der Waals surface area contributed by atoms with Crippen LogP contribution in [0.15, 0.2) is 34.5 Å². The number of nitrogens with zero attached hydrogens (tertiary/aromatic N) is 4. The summed E-state index contributed by atoms with van der Waals surface area (Å²) in [6.45, 7) is 4.15. The first-order valence-electron chi connectivity index (χ1n) is 11.8. The van der Waals surface area contributed by atoms with Crippen LogP contribution in [0.2, 0.25) is 0 Å². The SMILES string of the molecule is COc1cc(C(=O)N2CCCCOCC2)cnc1NC(=N/c1cc(C(F)(F)F)c[nH]1)/N=C(\C)C1CC1. The average molecular weight is 507 g/mol. The highest BCUT2D eigenvalue weighted by Gasteiger charge is 2.32. The lowest BCUT2D eigenvalue weighted by Gasteiger charge is -2.25. The number of guanidine groups is 1. The number of aromatic nitrogens is 2. The van der Waals surface area contributed by atoms with Gasteiger partial charge in [0, 0.05) is 37.8 Å². The Hall–Kier alpha value is -3.41. The fraction of sp³-hybridized carbons (Fsp3) is 0.500. The lowest BCUT2D eigenvalue weighted by atomic mass is 10.2. The first-order valence-corrected chi connectivity index (χ1v) is 11.8. The van der Waals surface area contributed by atoms with E-state index in [1.54, 1.807) is 11.0 Å². The third-order valence-corrected chi connectivity index (χ3v) is 5.98. The maximum atomic E-state index is 13.0. The van der Waals surface area contributed by atoms with Crippen molar-refractivity contribution < 1.29 is 27.4 Å². The molecule has 0 unspecified atom stereocenters. The number of alkyl halides is 3. The molecule has 3 heterocycles. The van der Waals surface area contributed by atoms with Gasteiger partial charge in [-0.2, -0.15) is 18.2 Å². The second-order valence-electron chi connectivity index (χ2n) is 8.75. The summed E-state index contributed by atoms with van der Waals surface area (Å²) in [7, 11) is 1.44. The highest BCUT2D eigenvalue weighted by atomic mass is 19.4. The zero-order valence-electron chi connectivity index (χ0n) is 20.2. The van der Waals surface area contributed by atoms with Gasteiger partial charge in [-0.05, 0) is 50.7 Å². The predicted molar refractivity (Wildman–Crippen MR) is 129 cm³/mol. The molecule has 0 bridgehead atoms. The summed E-state index contributed by atoms with van der Waals surface area (Å²) >= 11 is 0. The summed E-state index contributed by atoms with van der Waals surface area (Å²) in [6, 6.07) is 2.48. The molecule has 2 aromatic heterocycles. The van der Waals surface area contributed by atoms with Crippen molar-refractivity contribution in [2.45, 2.75) is 38.8 Å². The van der Waals surface area contributed by atoms with Gasteiger partial charge in [0.1, 0.15) is 5.82 Å². The fourth-order valence-corrected chi connectivity index (χ4v) is 3.76. The molecule has 4 rings (SSSR count). The van der Waals surface area contributed by atoms with Crippen LogP contribution in [0.4, 0.5) is 24.8 Å². The first kappa shape index (κ1) is 25.7. The number of carbonyl (C=O) groups is 1. The van der Waals surface area contributed by atoms with Crippen LogP contribution >= 0.6 is 0 Å². The highest BCUT2D eigenvalue weighted by molar-refractivity contribution is 6.05. The van der Waals surface area contributed by atoms with E-state index in [0.29, 0.717) is 37.8 Å². The van der Waals surface area contributed by atoms with Gasteiger partial charge in [-0.15, -0.1) is 0 Å². The smallest absolute Gasteiger partial charge is 0.417 e. The number of methoxy groups -OCH3 is 1. The number of hydrogen-bond donors (Lipinski definition) is 2. The second-order valence-corrected chi connectivity index (χ2v) is 8.75. The molecular weight excluding hydrogens is 477 g/mol. The molecule has 0 aromatic carbocycles. The summed E-state index contributed by atoms with van der Waals surface area (Å²) in [6.07, 6.45) is 1.54. The zero-order valence-corrected chi connectivity index (χ0v) is 20.2. The summed E-state index contributed by atoms with van der Waals surface area (Å²) in [5.74, 6) is 0.698. The molecule has 2 N–H and O–H groups in total. The average Bonchev–Trinajstić information content (AvgIpc) is 3.56. The molecule has 1 saturated carbocycles. The van der Waals surface area contributed by atoms with Gasteiger partial charge in [0.25, 0.3) is 5.91 Å². The number of aromatic amines is 1. The van der Waals surface area contributed by atoms with Gasteiger partial charge in [0.2, 0.25) is 5.96 Å². The van der Waals surface area contributed by atoms with E-state index in [0.717, 1.165) is 43.7 Å². The van der Waals surface area contributed by atoms with E-state index in [1.165, 1.54) is 13.3 Å². The van der Waals surface area contributed by atoms with E-state index in [-0.39, 0.29) is 29.3 Å². The number of aliphatic imine (C=N–C) groups is 2.